The molecule has 1 aromatic rings. The zero-order valence-corrected chi connectivity index (χ0v) is 14.2. The summed E-state index contributed by atoms with van der Waals surface area (Å²) in [5, 5.41) is 2.84. The van der Waals surface area contributed by atoms with E-state index >= 15 is 0 Å². The van der Waals surface area contributed by atoms with E-state index in [1.165, 1.54) is 0 Å². The summed E-state index contributed by atoms with van der Waals surface area (Å²) in [7, 11) is -2.95. The highest BCUT2D eigenvalue weighted by atomic mass is 32.2. The Morgan fingerprint density at radius 2 is 1.96 bits per heavy atom. The van der Waals surface area contributed by atoms with Gasteiger partial charge in [-0.3, -0.25) is 4.79 Å². The molecular formula is C17H21NO5S. The van der Waals surface area contributed by atoms with E-state index in [0.29, 0.717) is 17.9 Å². The maximum atomic E-state index is 12.2. The normalized spacial score (nSPS) is 25.9. The molecule has 3 aliphatic rings. The molecule has 2 aliphatic heterocycles. The number of rotatable bonds is 3. The van der Waals surface area contributed by atoms with Gasteiger partial charge in [0.05, 0.1) is 11.5 Å². The van der Waals surface area contributed by atoms with Crippen molar-refractivity contribution in [2.75, 3.05) is 16.8 Å². The van der Waals surface area contributed by atoms with Crippen molar-refractivity contribution < 1.29 is 22.7 Å². The fourth-order valence-electron chi connectivity index (χ4n) is 3.80. The van der Waals surface area contributed by atoms with Crippen molar-refractivity contribution in [3.63, 3.8) is 0 Å². The van der Waals surface area contributed by atoms with Crippen molar-refractivity contribution >= 4 is 21.4 Å². The third-order valence-corrected chi connectivity index (χ3v) is 6.82. The number of anilines is 1. The number of benzene rings is 1. The standard InChI is InChI=1S/C17H21NO5S/c19-16(9-12-5-8-24(20,21)11-12)18-13-3-4-14-15(10-13)23-17(22-14)6-1-2-7-17/h3-4,10,12H,1-2,5-9,11H2,(H,18,19)/t12-/m0/s1. The van der Waals surface area contributed by atoms with E-state index in [1.54, 1.807) is 12.1 Å². The van der Waals surface area contributed by atoms with Crippen molar-refractivity contribution in [2.24, 2.45) is 5.92 Å². The number of hydrogen-bond acceptors (Lipinski definition) is 5. The van der Waals surface area contributed by atoms with Crippen molar-refractivity contribution in [3.05, 3.63) is 18.2 Å². The molecule has 1 aromatic carbocycles. The summed E-state index contributed by atoms with van der Waals surface area (Å²) < 4.78 is 34.9. The van der Waals surface area contributed by atoms with Gasteiger partial charge >= 0.3 is 0 Å². The largest absolute Gasteiger partial charge is 0.448 e. The Morgan fingerprint density at radius 1 is 1.21 bits per heavy atom. The Labute approximate surface area is 141 Å². The van der Waals surface area contributed by atoms with E-state index in [1.807, 2.05) is 6.07 Å². The quantitative estimate of drug-likeness (QED) is 0.905. The lowest BCUT2D eigenvalue weighted by Gasteiger charge is -2.21. The number of hydrogen-bond donors (Lipinski definition) is 1. The zero-order chi connectivity index (χ0) is 16.8. The van der Waals surface area contributed by atoms with Crippen LogP contribution in [0.15, 0.2) is 18.2 Å². The molecule has 4 rings (SSSR count). The van der Waals surface area contributed by atoms with E-state index in [2.05, 4.69) is 5.32 Å². The molecule has 24 heavy (non-hydrogen) atoms. The van der Waals surface area contributed by atoms with Gasteiger partial charge in [0.25, 0.3) is 5.79 Å². The van der Waals surface area contributed by atoms with Crippen molar-refractivity contribution in [1.82, 2.24) is 0 Å². The SMILES string of the molecule is O=C(C[C@@H]1CCS(=O)(=O)C1)Nc1ccc2c(c1)OC1(CCCC1)O2. The van der Waals surface area contributed by atoms with Crippen LogP contribution in [-0.4, -0.2) is 31.6 Å². The van der Waals surface area contributed by atoms with Crippen molar-refractivity contribution in [3.8, 4) is 11.5 Å². The Hall–Kier alpha value is -1.76. The summed E-state index contributed by atoms with van der Waals surface area (Å²) in [4.78, 5) is 12.2. The summed E-state index contributed by atoms with van der Waals surface area (Å²) in [5.41, 5.74) is 0.651. The van der Waals surface area contributed by atoms with Crippen molar-refractivity contribution in [2.45, 2.75) is 44.3 Å². The summed E-state index contributed by atoms with van der Waals surface area (Å²) >= 11 is 0. The van der Waals surface area contributed by atoms with Gasteiger partial charge in [0.2, 0.25) is 5.91 Å². The molecule has 1 aliphatic carbocycles. The summed E-state index contributed by atoms with van der Waals surface area (Å²) in [6.07, 6.45) is 4.78. The van der Waals surface area contributed by atoms with Crippen LogP contribution in [0.5, 0.6) is 11.5 Å². The summed E-state index contributed by atoms with van der Waals surface area (Å²) in [5.74, 6) is 0.942. The average Bonchev–Trinajstić information content (AvgIpc) is 3.18. The molecule has 0 bridgehead atoms. The van der Waals surface area contributed by atoms with Crippen LogP contribution in [0, 0.1) is 5.92 Å². The second kappa shape index (κ2) is 5.65. The van der Waals surface area contributed by atoms with Crippen LogP contribution < -0.4 is 14.8 Å². The third kappa shape index (κ3) is 3.09. The van der Waals surface area contributed by atoms with E-state index < -0.39 is 15.6 Å². The van der Waals surface area contributed by atoms with E-state index in [9.17, 15) is 13.2 Å². The van der Waals surface area contributed by atoms with Gasteiger partial charge in [0, 0.05) is 31.0 Å². The minimum atomic E-state index is -2.95. The van der Waals surface area contributed by atoms with E-state index in [0.717, 1.165) is 31.4 Å². The Morgan fingerprint density at radius 3 is 2.67 bits per heavy atom. The molecule has 1 saturated carbocycles. The highest BCUT2D eigenvalue weighted by Gasteiger charge is 2.44. The highest BCUT2D eigenvalue weighted by molar-refractivity contribution is 7.91. The highest BCUT2D eigenvalue weighted by Crippen LogP contribution is 2.47. The van der Waals surface area contributed by atoms with Gasteiger partial charge in [0.15, 0.2) is 21.3 Å². The van der Waals surface area contributed by atoms with Crippen LogP contribution in [0.1, 0.15) is 38.5 Å². The van der Waals surface area contributed by atoms with Gasteiger partial charge < -0.3 is 14.8 Å². The first kappa shape index (κ1) is 15.7. The molecule has 130 valence electrons. The van der Waals surface area contributed by atoms with Crippen LogP contribution in [0.4, 0.5) is 5.69 Å². The zero-order valence-electron chi connectivity index (χ0n) is 13.4. The number of sulfone groups is 1. The molecule has 0 unspecified atom stereocenters. The monoisotopic (exact) mass is 351 g/mol. The van der Waals surface area contributed by atoms with Crippen LogP contribution in [0.2, 0.25) is 0 Å². The smallest absolute Gasteiger partial charge is 0.251 e. The second-order valence-electron chi connectivity index (χ2n) is 7.00. The Kier molecular flexibility index (Phi) is 3.71. The molecule has 1 saturated heterocycles. The predicted molar refractivity (Wildman–Crippen MR) is 88.9 cm³/mol. The molecule has 1 amide bonds. The average molecular weight is 351 g/mol. The van der Waals surface area contributed by atoms with Gasteiger partial charge in [-0.15, -0.1) is 0 Å². The van der Waals surface area contributed by atoms with Gasteiger partial charge in [-0.1, -0.05) is 0 Å². The molecule has 7 heteroatoms. The molecular weight excluding hydrogens is 330 g/mol. The molecule has 1 spiro atoms. The predicted octanol–water partition coefficient (Wildman–Crippen LogP) is 2.49. The third-order valence-electron chi connectivity index (χ3n) is 4.99. The molecule has 0 radical (unpaired) electrons. The lowest BCUT2D eigenvalue weighted by atomic mass is 10.1. The molecule has 0 aromatic heterocycles. The molecule has 6 nitrogen and oxygen atoms in total. The lowest BCUT2D eigenvalue weighted by Crippen LogP contribution is -2.34. The summed E-state index contributed by atoms with van der Waals surface area (Å²) in [6.45, 7) is 0. The summed E-state index contributed by atoms with van der Waals surface area (Å²) in [6, 6.07) is 5.39. The maximum absolute atomic E-state index is 12.2. The van der Waals surface area contributed by atoms with Gasteiger partial charge in [-0.05, 0) is 37.3 Å². The van der Waals surface area contributed by atoms with Gasteiger partial charge in [0.1, 0.15) is 0 Å². The molecule has 2 heterocycles. The van der Waals surface area contributed by atoms with Gasteiger partial charge in [-0.25, -0.2) is 8.42 Å². The number of fused-ring (bicyclic) bond motifs is 1. The Balaban J connectivity index is 1.39. The van der Waals surface area contributed by atoms with E-state index in [4.69, 9.17) is 9.47 Å². The topological polar surface area (TPSA) is 81.7 Å². The second-order valence-corrected chi connectivity index (χ2v) is 9.23. The number of nitrogens with one attached hydrogen (secondary N) is 1. The van der Waals surface area contributed by atoms with Crippen LogP contribution in [-0.2, 0) is 14.6 Å². The number of amides is 1. The van der Waals surface area contributed by atoms with E-state index in [-0.39, 0.29) is 29.8 Å². The first-order valence-electron chi connectivity index (χ1n) is 8.45. The fraction of sp³-hybridized carbons (Fsp3) is 0.588. The lowest BCUT2D eigenvalue weighted by molar-refractivity contribution is -0.116. The van der Waals surface area contributed by atoms with Crippen LogP contribution >= 0.6 is 0 Å². The molecule has 2 fully saturated rings. The van der Waals surface area contributed by atoms with Crippen LogP contribution in [0.25, 0.3) is 0 Å². The molecule has 1 N–H and O–H groups in total. The minimum Gasteiger partial charge on any atom is -0.448 e. The number of ether oxygens (including phenoxy) is 2. The first-order chi connectivity index (χ1) is 11.4. The van der Waals surface area contributed by atoms with Gasteiger partial charge in [-0.2, -0.15) is 0 Å². The molecule has 1 atom stereocenters. The number of carbonyl (C=O) groups excluding carboxylic acids is 1. The van der Waals surface area contributed by atoms with Crippen LogP contribution in [0.3, 0.4) is 0 Å². The first-order valence-corrected chi connectivity index (χ1v) is 10.3. The van der Waals surface area contributed by atoms with Crippen molar-refractivity contribution in [1.29, 1.82) is 0 Å². The number of carbonyl (C=O) groups is 1. The minimum absolute atomic E-state index is 0.0780. The Bertz CT molecular complexity index is 767. The fourth-order valence-corrected chi connectivity index (χ4v) is 5.66. The maximum Gasteiger partial charge on any atom is 0.251 e.